The van der Waals surface area contributed by atoms with Crippen molar-refractivity contribution >= 4 is 22.6 Å². The molecule has 0 saturated carbocycles. The van der Waals surface area contributed by atoms with E-state index in [4.69, 9.17) is 13.9 Å². The molecule has 0 aliphatic rings. The fraction of sp³-hybridized carbons (Fsp3) is 0.154. The van der Waals surface area contributed by atoms with Crippen LogP contribution in [-0.2, 0) is 6.61 Å². The number of benzene rings is 3. The average Bonchev–Trinajstić information content (AvgIpc) is 3.27. The number of nitrogens with one attached hydrogen (secondary N) is 1. The van der Waals surface area contributed by atoms with Crippen LogP contribution in [0.1, 0.15) is 35.5 Å². The topological polar surface area (TPSA) is 73.1 Å². The molecular formula is C26H24N2O4. The number of nitrogens with zero attached hydrogens (tertiary/aromatic N) is 1. The number of para-hydroxylation sites is 1. The summed E-state index contributed by atoms with van der Waals surface area (Å²) in [7, 11) is 0. The van der Waals surface area contributed by atoms with Gasteiger partial charge in [0.2, 0.25) is 0 Å². The van der Waals surface area contributed by atoms with E-state index in [0.717, 1.165) is 28.0 Å². The number of rotatable bonds is 8. The molecule has 0 bridgehead atoms. The van der Waals surface area contributed by atoms with E-state index in [1.807, 2.05) is 73.7 Å². The Balaban J connectivity index is 1.32. The minimum Gasteiger partial charge on any atom is -0.494 e. The fourth-order valence-electron chi connectivity index (χ4n) is 3.13. The zero-order valence-electron chi connectivity index (χ0n) is 18.0. The maximum absolute atomic E-state index is 12.4. The van der Waals surface area contributed by atoms with Crippen molar-refractivity contribution in [2.24, 2.45) is 5.10 Å². The molecule has 0 spiro atoms. The molecule has 0 radical (unpaired) electrons. The Morgan fingerprint density at radius 1 is 0.938 bits per heavy atom. The molecule has 0 saturated heterocycles. The Kier molecular flexibility index (Phi) is 6.51. The number of amides is 1. The molecule has 1 aromatic heterocycles. The molecule has 0 aliphatic carbocycles. The molecular weight excluding hydrogens is 404 g/mol. The summed E-state index contributed by atoms with van der Waals surface area (Å²) in [6, 6.07) is 24.3. The lowest BCUT2D eigenvalue weighted by Crippen LogP contribution is -2.19. The van der Waals surface area contributed by atoms with Gasteiger partial charge in [-0.25, -0.2) is 5.43 Å². The van der Waals surface area contributed by atoms with Crippen LogP contribution >= 0.6 is 0 Å². The van der Waals surface area contributed by atoms with Gasteiger partial charge in [0.05, 0.1) is 6.61 Å². The van der Waals surface area contributed by atoms with Crippen molar-refractivity contribution in [1.82, 2.24) is 5.43 Å². The smallest absolute Gasteiger partial charge is 0.271 e. The first-order valence-corrected chi connectivity index (χ1v) is 10.4. The van der Waals surface area contributed by atoms with E-state index in [9.17, 15) is 4.79 Å². The van der Waals surface area contributed by atoms with E-state index in [-0.39, 0.29) is 5.91 Å². The van der Waals surface area contributed by atoms with Gasteiger partial charge in [0.25, 0.3) is 5.91 Å². The van der Waals surface area contributed by atoms with Crippen LogP contribution in [0, 0.1) is 0 Å². The molecule has 0 atom stereocenters. The summed E-state index contributed by atoms with van der Waals surface area (Å²) in [5.41, 5.74) is 5.42. The lowest BCUT2D eigenvalue weighted by molar-refractivity contribution is 0.0954. The Bertz CT molecular complexity index is 1190. The van der Waals surface area contributed by atoms with Crippen molar-refractivity contribution in [1.29, 1.82) is 0 Å². The third kappa shape index (κ3) is 5.16. The van der Waals surface area contributed by atoms with E-state index in [1.165, 1.54) is 0 Å². The first-order valence-electron chi connectivity index (χ1n) is 10.4. The van der Waals surface area contributed by atoms with Crippen LogP contribution in [0.4, 0.5) is 0 Å². The summed E-state index contributed by atoms with van der Waals surface area (Å²) in [4.78, 5) is 12.4. The van der Waals surface area contributed by atoms with Crippen LogP contribution in [0.5, 0.6) is 11.5 Å². The van der Waals surface area contributed by atoms with Crippen LogP contribution in [0.25, 0.3) is 11.0 Å². The Labute approximate surface area is 186 Å². The van der Waals surface area contributed by atoms with Crippen molar-refractivity contribution in [2.75, 3.05) is 6.61 Å². The number of hydrazone groups is 1. The second kappa shape index (κ2) is 9.83. The summed E-state index contributed by atoms with van der Waals surface area (Å²) in [6.45, 7) is 4.77. The molecule has 1 N–H and O–H groups in total. The number of furan rings is 1. The highest BCUT2D eigenvalue weighted by atomic mass is 16.5. The molecule has 1 heterocycles. The molecule has 0 aliphatic heterocycles. The quantitative estimate of drug-likeness (QED) is 0.294. The zero-order valence-corrected chi connectivity index (χ0v) is 18.0. The highest BCUT2D eigenvalue weighted by Gasteiger charge is 2.09. The largest absolute Gasteiger partial charge is 0.494 e. The maximum atomic E-state index is 12.4. The predicted octanol–water partition coefficient (Wildman–Crippen LogP) is 5.56. The van der Waals surface area contributed by atoms with Crippen molar-refractivity contribution in [2.45, 2.75) is 20.5 Å². The van der Waals surface area contributed by atoms with E-state index in [2.05, 4.69) is 10.5 Å². The van der Waals surface area contributed by atoms with Gasteiger partial charge in [-0.2, -0.15) is 5.10 Å². The Hall–Kier alpha value is -4.06. The third-order valence-corrected chi connectivity index (χ3v) is 4.86. The van der Waals surface area contributed by atoms with Gasteiger partial charge >= 0.3 is 0 Å². The van der Waals surface area contributed by atoms with Crippen LogP contribution in [0.2, 0.25) is 0 Å². The number of hydrogen-bond donors (Lipinski definition) is 1. The Morgan fingerprint density at radius 2 is 1.62 bits per heavy atom. The number of ether oxygens (including phenoxy) is 2. The molecule has 3 aromatic carbocycles. The lowest BCUT2D eigenvalue weighted by Gasteiger charge is -2.08. The van der Waals surface area contributed by atoms with E-state index in [1.54, 1.807) is 19.1 Å². The number of carbonyl (C=O) groups is 1. The molecule has 0 unspecified atom stereocenters. The molecule has 6 nitrogen and oxygen atoms in total. The van der Waals surface area contributed by atoms with Gasteiger partial charge in [-0.05, 0) is 67.9 Å². The third-order valence-electron chi connectivity index (χ3n) is 4.86. The second-order valence-corrected chi connectivity index (χ2v) is 7.18. The molecule has 162 valence electrons. The molecule has 1 amide bonds. The molecule has 4 aromatic rings. The number of hydrogen-bond acceptors (Lipinski definition) is 5. The fourth-order valence-corrected chi connectivity index (χ4v) is 3.13. The van der Waals surface area contributed by atoms with E-state index < -0.39 is 0 Å². The van der Waals surface area contributed by atoms with Crippen LogP contribution < -0.4 is 14.9 Å². The first-order chi connectivity index (χ1) is 15.6. The van der Waals surface area contributed by atoms with Gasteiger partial charge < -0.3 is 13.9 Å². The first kappa shape index (κ1) is 21.2. The van der Waals surface area contributed by atoms with E-state index in [0.29, 0.717) is 30.2 Å². The monoisotopic (exact) mass is 428 g/mol. The molecule has 32 heavy (non-hydrogen) atoms. The minimum atomic E-state index is -0.292. The highest BCUT2D eigenvalue weighted by molar-refractivity contribution is 6.01. The standard InChI is InChI=1S/C26H24N2O4/c1-3-30-22-12-14-23(15-13-22)31-17-19-8-10-20(11-9-19)26(29)28-27-18(2)25-16-21-6-4-5-7-24(21)32-25/h4-16H,3,17H2,1-2H3,(H,28,29). The van der Waals surface area contributed by atoms with Gasteiger partial charge in [-0.1, -0.05) is 30.3 Å². The van der Waals surface area contributed by atoms with Crippen LogP contribution in [0.3, 0.4) is 0 Å². The van der Waals surface area contributed by atoms with E-state index >= 15 is 0 Å². The normalized spacial score (nSPS) is 11.4. The molecule has 0 fully saturated rings. The summed E-state index contributed by atoms with van der Waals surface area (Å²) in [5, 5.41) is 5.17. The summed E-state index contributed by atoms with van der Waals surface area (Å²) < 4.78 is 17.0. The maximum Gasteiger partial charge on any atom is 0.271 e. The predicted molar refractivity (Wildman–Crippen MR) is 124 cm³/mol. The number of carbonyl (C=O) groups excluding carboxylic acids is 1. The number of fused-ring (bicyclic) bond motifs is 1. The van der Waals surface area contributed by atoms with Gasteiger partial charge in [0.1, 0.15) is 29.4 Å². The second-order valence-electron chi connectivity index (χ2n) is 7.18. The van der Waals surface area contributed by atoms with Crippen molar-refractivity contribution < 1.29 is 18.7 Å². The SMILES string of the molecule is CCOc1ccc(OCc2ccc(C(=O)NN=C(C)c3cc4ccccc4o3)cc2)cc1. The Morgan fingerprint density at radius 3 is 2.31 bits per heavy atom. The lowest BCUT2D eigenvalue weighted by atomic mass is 10.1. The van der Waals surface area contributed by atoms with Crippen molar-refractivity contribution in [3.05, 3.63) is 95.7 Å². The minimum absolute atomic E-state index is 0.292. The van der Waals surface area contributed by atoms with Crippen molar-refractivity contribution in [3.8, 4) is 11.5 Å². The molecule has 6 heteroatoms. The van der Waals surface area contributed by atoms with Gasteiger partial charge in [-0.3, -0.25) is 4.79 Å². The van der Waals surface area contributed by atoms with Crippen LogP contribution in [-0.4, -0.2) is 18.2 Å². The van der Waals surface area contributed by atoms with Gasteiger partial charge in [0.15, 0.2) is 5.76 Å². The highest BCUT2D eigenvalue weighted by Crippen LogP contribution is 2.20. The van der Waals surface area contributed by atoms with Crippen LogP contribution in [0.15, 0.2) is 88.4 Å². The zero-order chi connectivity index (χ0) is 22.3. The van der Waals surface area contributed by atoms with Gasteiger partial charge in [0, 0.05) is 10.9 Å². The van der Waals surface area contributed by atoms with Crippen molar-refractivity contribution in [3.63, 3.8) is 0 Å². The van der Waals surface area contributed by atoms with Gasteiger partial charge in [-0.15, -0.1) is 0 Å². The summed E-state index contributed by atoms with van der Waals surface area (Å²) in [6.07, 6.45) is 0. The summed E-state index contributed by atoms with van der Waals surface area (Å²) in [5.74, 6) is 1.90. The molecule has 4 rings (SSSR count). The summed E-state index contributed by atoms with van der Waals surface area (Å²) >= 11 is 0. The average molecular weight is 428 g/mol.